The molecule has 2 rings (SSSR count). The first-order valence-corrected chi connectivity index (χ1v) is 5.62. The lowest BCUT2D eigenvalue weighted by Crippen LogP contribution is -2.08. The number of hydrogen-bond donors (Lipinski definition) is 1. The normalized spacial score (nSPS) is 21.0. The maximum absolute atomic E-state index is 9.01. The van der Waals surface area contributed by atoms with Gasteiger partial charge in [0.25, 0.3) is 0 Å². The van der Waals surface area contributed by atoms with Gasteiger partial charge in [-0.2, -0.15) is 0 Å². The van der Waals surface area contributed by atoms with Crippen molar-refractivity contribution in [3.63, 3.8) is 0 Å². The molecule has 1 unspecified atom stereocenters. The molecule has 2 heterocycles. The van der Waals surface area contributed by atoms with E-state index in [0.717, 1.165) is 31.8 Å². The largest absolute Gasteiger partial charge is 0.388 e. The molecule has 84 valence electrons. The summed E-state index contributed by atoms with van der Waals surface area (Å²) in [6.07, 6.45) is 8.73. The molecule has 0 spiro atoms. The molecule has 1 aliphatic rings. The van der Waals surface area contributed by atoms with Crippen LogP contribution >= 0.6 is 0 Å². The van der Waals surface area contributed by atoms with Crippen molar-refractivity contribution in [1.82, 2.24) is 9.55 Å². The smallest absolute Gasteiger partial charge is 0.134 e. The number of imidazole rings is 1. The maximum Gasteiger partial charge on any atom is 0.134 e. The zero-order chi connectivity index (χ0) is 10.5. The number of rotatable bonds is 5. The van der Waals surface area contributed by atoms with E-state index in [-0.39, 0.29) is 6.61 Å². The summed E-state index contributed by atoms with van der Waals surface area (Å²) < 4.78 is 7.56. The molecule has 4 nitrogen and oxygen atoms in total. The van der Waals surface area contributed by atoms with Gasteiger partial charge in [0, 0.05) is 25.5 Å². The fraction of sp³-hybridized carbons (Fsp3) is 0.727. The van der Waals surface area contributed by atoms with Crippen LogP contribution < -0.4 is 0 Å². The molecule has 0 aliphatic carbocycles. The number of ether oxygens (including phenoxy) is 1. The van der Waals surface area contributed by atoms with Gasteiger partial charge in [0.1, 0.15) is 12.4 Å². The molecule has 1 aromatic rings. The van der Waals surface area contributed by atoms with E-state index >= 15 is 0 Å². The van der Waals surface area contributed by atoms with E-state index in [0.29, 0.717) is 6.10 Å². The number of nitrogens with zero attached hydrogens (tertiary/aromatic N) is 2. The highest BCUT2D eigenvalue weighted by Gasteiger charge is 2.14. The Hall–Kier alpha value is -0.870. The average Bonchev–Trinajstić information content (AvgIpc) is 2.88. The third-order valence-corrected chi connectivity index (χ3v) is 2.89. The van der Waals surface area contributed by atoms with Gasteiger partial charge in [-0.25, -0.2) is 4.98 Å². The Morgan fingerprint density at radius 3 is 3.27 bits per heavy atom. The topological polar surface area (TPSA) is 47.3 Å². The van der Waals surface area contributed by atoms with Gasteiger partial charge in [-0.15, -0.1) is 0 Å². The maximum atomic E-state index is 9.01. The minimum absolute atomic E-state index is 0.0208. The van der Waals surface area contributed by atoms with Crippen LogP contribution in [0.1, 0.15) is 31.5 Å². The lowest BCUT2D eigenvalue weighted by atomic mass is 10.1. The van der Waals surface area contributed by atoms with E-state index in [2.05, 4.69) is 4.98 Å². The van der Waals surface area contributed by atoms with Crippen LogP contribution in [-0.2, 0) is 17.9 Å². The van der Waals surface area contributed by atoms with Crippen LogP contribution in [-0.4, -0.2) is 27.4 Å². The highest BCUT2D eigenvalue weighted by atomic mass is 16.5. The molecule has 4 heteroatoms. The highest BCUT2D eigenvalue weighted by molar-refractivity contribution is 4.89. The number of hydrogen-bond acceptors (Lipinski definition) is 3. The molecular formula is C11H18N2O2. The molecule has 1 aliphatic heterocycles. The van der Waals surface area contributed by atoms with Crippen LogP contribution in [0.5, 0.6) is 0 Å². The minimum Gasteiger partial charge on any atom is -0.388 e. The van der Waals surface area contributed by atoms with Crippen molar-refractivity contribution >= 4 is 0 Å². The molecule has 1 aromatic heterocycles. The fourth-order valence-electron chi connectivity index (χ4n) is 2.06. The highest BCUT2D eigenvalue weighted by Crippen LogP contribution is 2.17. The number of aliphatic hydroxyl groups excluding tert-OH is 1. The summed E-state index contributed by atoms with van der Waals surface area (Å²) in [5.41, 5.74) is 0. The first kappa shape index (κ1) is 10.6. The Morgan fingerprint density at radius 2 is 2.53 bits per heavy atom. The first-order chi connectivity index (χ1) is 7.40. The van der Waals surface area contributed by atoms with Crippen molar-refractivity contribution < 1.29 is 9.84 Å². The molecule has 0 aromatic carbocycles. The van der Waals surface area contributed by atoms with Gasteiger partial charge in [-0.3, -0.25) is 0 Å². The van der Waals surface area contributed by atoms with Gasteiger partial charge in [-0.05, 0) is 25.7 Å². The minimum atomic E-state index is 0.0208. The van der Waals surface area contributed by atoms with Crippen LogP contribution in [0.4, 0.5) is 0 Å². The summed E-state index contributed by atoms with van der Waals surface area (Å²) in [5.74, 6) is 0.752. The van der Waals surface area contributed by atoms with Gasteiger partial charge in [0.15, 0.2) is 0 Å². The Labute approximate surface area is 89.9 Å². The van der Waals surface area contributed by atoms with E-state index < -0.39 is 0 Å². The Morgan fingerprint density at radius 1 is 1.60 bits per heavy atom. The Bertz CT molecular complexity index is 293. The van der Waals surface area contributed by atoms with Gasteiger partial charge >= 0.3 is 0 Å². The molecular weight excluding hydrogens is 192 g/mol. The molecule has 0 amide bonds. The molecule has 0 radical (unpaired) electrons. The Balaban J connectivity index is 1.73. The van der Waals surface area contributed by atoms with Gasteiger partial charge in [0.05, 0.1) is 6.10 Å². The molecule has 1 saturated heterocycles. The fourth-order valence-corrected chi connectivity index (χ4v) is 2.06. The summed E-state index contributed by atoms with van der Waals surface area (Å²) in [5, 5.41) is 9.01. The second-order valence-electron chi connectivity index (χ2n) is 3.97. The van der Waals surface area contributed by atoms with Crippen LogP contribution in [0.2, 0.25) is 0 Å². The van der Waals surface area contributed by atoms with Gasteiger partial charge in [-0.1, -0.05) is 0 Å². The van der Waals surface area contributed by atoms with Crippen LogP contribution in [0.3, 0.4) is 0 Å². The number of aromatic nitrogens is 2. The van der Waals surface area contributed by atoms with Crippen molar-refractivity contribution in [2.45, 2.75) is 44.9 Å². The van der Waals surface area contributed by atoms with E-state index in [1.807, 2.05) is 10.8 Å². The summed E-state index contributed by atoms with van der Waals surface area (Å²) >= 11 is 0. The molecule has 1 atom stereocenters. The summed E-state index contributed by atoms with van der Waals surface area (Å²) in [4.78, 5) is 4.07. The number of aryl methyl sites for hydroxylation is 1. The zero-order valence-corrected chi connectivity index (χ0v) is 8.93. The summed E-state index contributed by atoms with van der Waals surface area (Å²) in [7, 11) is 0. The predicted molar refractivity (Wildman–Crippen MR) is 56.4 cm³/mol. The molecule has 1 fully saturated rings. The molecule has 1 N–H and O–H groups in total. The second kappa shape index (κ2) is 5.28. The first-order valence-electron chi connectivity index (χ1n) is 5.62. The molecule has 15 heavy (non-hydrogen) atoms. The lowest BCUT2D eigenvalue weighted by molar-refractivity contribution is 0.101. The lowest BCUT2D eigenvalue weighted by Gasteiger charge is -2.10. The van der Waals surface area contributed by atoms with Crippen molar-refractivity contribution in [3.8, 4) is 0 Å². The summed E-state index contributed by atoms with van der Waals surface area (Å²) in [6.45, 7) is 1.88. The monoisotopic (exact) mass is 210 g/mol. The quantitative estimate of drug-likeness (QED) is 0.797. The standard InChI is InChI=1S/C11H18N2O2/c14-9-11-12-5-7-13(11)6-1-3-10-4-2-8-15-10/h5,7,10,14H,1-4,6,8-9H2. The van der Waals surface area contributed by atoms with Crippen molar-refractivity contribution in [1.29, 1.82) is 0 Å². The third-order valence-electron chi connectivity index (χ3n) is 2.89. The molecule has 0 bridgehead atoms. The number of aliphatic hydroxyl groups is 1. The average molecular weight is 210 g/mol. The van der Waals surface area contributed by atoms with Gasteiger partial charge < -0.3 is 14.4 Å². The SMILES string of the molecule is OCc1nccn1CCCC1CCCO1. The summed E-state index contributed by atoms with van der Waals surface area (Å²) in [6, 6.07) is 0. The van der Waals surface area contributed by atoms with Crippen molar-refractivity contribution in [2.75, 3.05) is 6.61 Å². The van der Waals surface area contributed by atoms with Crippen LogP contribution in [0.25, 0.3) is 0 Å². The van der Waals surface area contributed by atoms with E-state index in [1.54, 1.807) is 6.20 Å². The Kier molecular flexibility index (Phi) is 3.75. The van der Waals surface area contributed by atoms with E-state index in [1.165, 1.54) is 12.8 Å². The molecule has 0 saturated carbocycles. The zero-order valence-electron chi connectivity index (χ0n) is 8.93. The van der Waals surface area contributed by atoms with Crippen LogP contribution in [0, 0.1) is 0 Å². The van der Waals surface area contributed by atoms with Gasteiger partial charge in [0.2, 0.25) is 0 Å². The van der Waals surface area contributed by atoms with Crippen molar-refractivity contribution in [3.05, 3.63) is 18.2 Å². The second-order valence-corrected chi connectivity index (χ2v) is 3.97. The van der Waals surface area contributed by atoms with Crippen molar-refractivity contribution in [2.24, 2.45) is 0 Å². The van der Waals surface area contributed by atoms with E-state index in [9.17, 15) is 0 Å². The predicted octanol–water partition coefficient (Wildman–Crippen LogP) is 1.33. The van der Waals surface area contributed by atoms with E-state index in [4.69, 9.17) is 9.84 Å². The van der Waals surface area contributed by atoms with Crippen LogP contribution in [0.15, 0.2) is 12.4 Å². The third kappa shape index (κ3) is 2.79.